The van der Waals surface area contributed by atoms with Crippen molar-refractivity contribution in [3.05, 3.63) is 35.4 Å². The molecule has 0 radical (unpaired) electrons. The maximum Gasteiger partial charge on any atom is 0.312 e. The Hall–Kier alpha value is -2.90. The second kappa shape index (κ2) is 10.6. The fourth-order valence-corrected chi connectivity index (χ4v) is 2.70. The van der Waals surface area contributed by atoms with Gasteiger partial charge in [0.1, 0.15) is 6.04 Å². The molecule has 1 aromatic rings. The van der Waals surface area contributed by atoms with Gasteiger partial charge in [0.15, 0.2) is 0 Å². The van der Waals surface area contributed by atoms with E-state index in [1.807, 2.05) is 32.9 Å². The van der Waals surface area contributed by atoms with Gasteiger partial charge in [0, 0.05) is 5.56 Å². The fraction of sp³-hybridized carbons (Fsp3) is 0.524. The number of hydrogen-bond acceptors (Lipinski definition) is 6. The lowest BCUT2D eigenvalue weighted by molar-refractivity contribution is -0.156. The number of hydrogen-bond donors (Lipinski definition) is 2. The number of benzene rings is 1. The van der Waals surface area contributed by atoms with E-state index in [0.717, 1.165) is 5.56 Å². The topological polar surface area (TPSA) is 125 Å². The molecule has 0 fully saturated rings. The van der Waals surface area contributed by atoms with Crippen LogP contribution < -0.4 is 11.1 Å². The van der Waals surface area contributed by atoms with E-state index >= 15 is 0 Å². The van der Waals surface area contributed by atoms with E-state index in [4.69, 9.17) is 15.2 Å². The Morgan fingerprint density at radius 2 is 1.55 bits per heavy atom. The Morgan fingerprint density at radius 1 is 1.00 bits per heavy atom. The molecule has 160 valence electrons. The van der Waals surface area contributed by atoms with Gasteiger partial charge in [0.2, 0.25) is 5.91 Å². The van der Waals surface area contributed by atoms with Crippen LogP contribution in [0.5, 0.6) is 0 Å². The number of rotatable bonds is 9. The molecular formula is C21H30N2O6. The third-order valence-electron chi connectivity index (χ3n) is 4.29. The van der Waals surface area contributed by atoms with Crippen molar-refractivity contribution in [2.75, 3.05) is 13.2 Å². The Kier molecular flexibility index (Phi) is 8.82. The number of nitrogens with two attached hydrogens (primary N) is 1. The number of amides is 2. The average molecular weight is 406 g/mol. The van der Waals surface area contributed by atoms with Crippen LogP contribution in [0.3, 0.4) is 0 Å². The summed E-state index contributed by atoms with van der Waals surface area (Å²) < 4.78 is 9.80. The molecule has 0 aromatic heterocycles. The zero-order chi connectivity index (χ0) is 22.2. The van der Waals surface area contributed by atoms with Gasteiger partial charge in [-0.25, -0.2) is 0 Å². The first kappa shape index (κ1) is 24.1. The first-order chi connectivity index (χ1) is 13.5. The molecule has 0 aliphatic rings. The van der Waals surface area contributed by atoms with Crippen molar-refractivity contribution in [2.45, 2.75) is 52.5 Å². The lowest BCUT2D eigenvalue weighted by atomic mass is 9.86. The molecule has 8 heteroatoms. The summed E-state index contributed by atoms with van der Waals surface area (Å²) in [6.45, 7) is 9.51. The minimum absolute atomic E-state index is 0.0475. The molecule has 1 aromatic carbocycles. The first-order valence-electron chi connectivity index (χ1n) is 9.54. The van der Waals surface area contributed by atoms with Crippen LogP contribution in [0.15, 0.2) is 24.3 Å². The Balaban J connectivity index is 3.08. The van der Waals surface area contributed by atoms with Crippen LogP contribution in [0, 0.1) is 5.92 Å². The third-order valence-corrected chi connectivity index (χ3v) is 4.29. The second-order valence-electron chi connectivity index (χ2n) is 7.55. The van der Waals surface area contributed by atoms with E-state index in [0.29, 0.717) is 5.56 Å². The number of carbonyl (C=O) groups excluding carboxylic acids is 4. The van der Waals surface area contributed by atoms with Gasteiger partial charge in [0.25, 0.3) is 5.91 Å². The molecule has 2 atom stereocenters. The molecule has 0 saturated carbocycles. The molecule has 0 spiro atoms. The van der Waals surface area contributed by atoms with Crippen LogP contribution in [0.2, 0.25) is 0 Å². The smallest absolute Gasteiger partial charge is 0.312 e. The summed E-state index contributed by atoms with van der Waals surface area (Å²) in [5.74, 6) is -4.34. The summed E-state index contributed by atoms with van der Waals surface area (Å²) in [6, 6.07) is 5.45. The monoisotopic (exact) mass is 406 g/mol. The summed E-state index contributed by atoms with van der Waals surface area (Å²) in [4.78, 5) is 48.8. The van der Waals surface area contributed by atoms with Gasteiger partial charge in [-0.15, -0.1) is 0 Å². The summed E-state index contributed by atoms with van der Waals surface area (Å²) in [5.41, 5.74) is 6.66. The maximum atomic E-state index is 12.6. The summed E-state index contributed by atoms with van der Waals surface area (Å²) in [5, 5.41) is 2.46. The van der Waals surface area contributed by atoms with Gasteiger partial charge in [-0.3, -0.25) is 19.2 Å². The number of primary amides is 1. The van der Waals surface area contributed by atoms with Gasteiger partial charge in [-0.2, -0.15) is 0 Å². The largest absolute Gasteiger partial charge is 0.466 e. The third kappa shape index (κ3) is 7.21. The van der Waals surface area contributed by atoms with Crippen molar-refractivity contribution in [1.82, 2.24) is 5.32 Å². The summed E-state index contributed by atoms with van der Waals surface area (Å²) >= 11 is 0. The predicted molar refractivity (Wildman–Crippen MR) is 107 cm³/mol. The molecule has 2 amide bonds. The van der Waals surface area contributed by atoms with Gasteiger partial charge in [-0.1, -0.05) is 32.9 Å². The molecule has 8 nitrogen and oxygen atoms in total. The standard InChI is InChI=1S/C21H30N2O6/c1-6-28-16(24)12-15(20(27)29-7-2)17(18(22)25)23-19(26)13-8-10-14(11-9-13)21(3,4)5/h8-11,15,17H,6-7,12H2,1-5H3,(H2,22,25)(H,23,26)/t15-,17-/m1/s1. The van der Waals surface area contributed by atoms with Crippen molar-refractivity contribution < 1.29 is 28.7 Å². The van der Waals surface area contributed by atoms with Crippen LogP contribution in [0.4, 0.5) is 0 Å². The van der Waals surface area contributed by atoms with Crippen LogP contribution in [0.1, 0.15) is 57.0 Å². The highest BCUT2D eigenvalue weighted by Gasteiger charge is 2.37. The molecule has 0 aliphatic heterocycles. The Bertz CT molecular complexity index is 737. The minimum atomic E-state index is -1.42. The molecule has 0 bridgehead atoms. The highest BCUT2D eigenvalue weighted by Crippen LogP contribution is 2.22. The van der Waals surface area contributed by atoms with Crippen molar-refractivity contribution in [3.63, 3.8) is 0 Å². The predicted octanol–water partition coefficient (Wildman–Crippen LogP) is 1.70. The van der Waals surface area contributed by atoms with Gasteiger partial charge < -0.3 is 20.5 Å². The van der Waals surface area contributed by atoms with Gasteiger partial charge >= 0.3 is 11.9 Å². The number of esters is 2. The van der Waals surface area contributed by atoms with E-state index in [2.05, 4.69) is 5.32 Å². The lowest BCUT2D eigenvalue weighted by Crippen LogP contribution is -2.52. The minimum Gasteiger partial charge on any atom is -0.466 e. The quantitative estimate of drug-likeness (QED) is 0.602. The molecule has 3 N–H and O–H groups in total. The Labute approximate surface area is 171 Å². The number of carbonyl (C=O) groups is 4. The molecule has 29 heavy (non-hydrogen) atoms. The number of ether oxygens (including phenoxy) is 2. The van der Waals surface area contributed by atoms with Crippen molar-refractivity contribution in [3.8, 4) is 0 Å². The summed E-state index contributed by atoms with van der Waals surface area (Å²) in [7, 11) is 0. The molecular weight excluding hydrogens is 376 g/mol. The first-order valence-corrected chi connectivity index (χ1v) is 9.54. The van der Waals surface area contributed by atoms with E-state index in [1.165, 1.54) is 0 Å². The molecule has 0 unspecified atom stereocenters. The van der Waals surface area contributed by atoms with Crippen molar-refractivity contribution >= 4 is 23.8 Å². The lowest BCUT2D eigenvalue weighted by Gasteiger charge is -2.24. The maximum absolute atomic E-state index is 12.6. The SMILES string of the molecule is CCOC(=O)C[C@@H](C(=O)OCC)[C@@H](NC(=O)c1ccc(C(C)(C)C)cc1)C(N)=O. The van der Waals surface area contributed by atoms with E-state index in [-0.39, 0.29) is 18.6 Å². The van der Waals surface area contributed by atoms with E-state index < -0.39 is 42.1 Å². The highest BCUT2D eigenvalue weighted by atomic mass is 16.5. The van der Waals surface area contributed by atoms with Crippen LogP contribution in [-0.2, 0) is 29.3 Å². The van der Waals surface area contributed by atoms with Crippen LogP contribution in [-0.4, -0.2) is 43.0 Å². The molecule has 1 rings (SSSR count). The van der Waals surface area contributed by atoms with Gasteiger partial charge in [0.05, 0.1) is 25.6 Å². The zero-order valence-corrected chi connectivity index (χ0v) is 17.6. The normalized spacial score (nSPS) is 13.1. The van der Waals surface area contributed by atoms with Crippen molar-refractivity contribution in [2.24, 2.45) is 11.7 Å². The Morgan fingerprint density at radius 3 is 2.00 bits per heavy atom. The zero-order valence-electron chi connectivity index (χ0n) is 17.6. The average Bonchev–Trinajstić information content (AvgIpc) is 2.64. The number of nitrogens with one attached hydrogen (secondary N) is 1. The van der Waals surface area contributed by atoms with Crippen LogP contribution in [0.25, 0.3) is 0 Å². The molecule has 0 heterocycles. The van der Waals surface area contributed by atoms with Crippen LogP contribution >= 0.6 is 0 Å². The second-order valence-corrected chi connectivity index (χ2v) is 7.55. The highest BCUT2D eigenvalue weighted by molar-refractivity contribution is 5.99. The van der Waals surface area contributed by atoms with Gasteiger partial charge in [-0.05, 0) is 37.0 Å². The van der Waals surface area contributed by atoms with E-state index in [1.54, 1.807) is 26.0 Å². The summed E-state index contributed by atoms with van der Waals surface area (Å²) in [6.07, 6.45) is -0.441. The van der Waals surface area contributed by atoms with Crippen molar-refractivity contribution in [1.29, 1.82) is 0 Å². The fourth-order valence-electron chi connectivity index (χ4n) is 2.70. The molecule has 0 saturated heterocycles. The molecule has 0 aliphatic carbocycles. The van der Waals surface area contributed by atoms with E-state index in [9.17, 15) is 19.2 Å².